The molecule has 1 aliphatic rings. The van der Waals surface area contributed by atoms with Crippen LogP contribution in [0.25, 0.3) is 0 Å². The molecule has 0 aliphatic carbocycles. The number of ether oxygens (including phenoxy) is 1. The van der Waals surface area contributed by atoms with Crippen molar-refractivity contribution in [1.82, 2.24) is 10.0 Å². The molecule has 24 heavy (non-hydrogen) atoms. The third-order valence-electron chi connectivity index (χ3n) is 4.32. The summed E-state index contributed by atoms with van der Waals surface area (Å²) in [5, 5.41) is 3.28. The van der Waals surface area contributed by atoms with Crippen molar-refractivity contribution in [3.63, 3.8) is 0 Å². The lowest BCUT2D eigenvalue weighted by molar-refractivity contribution is 0.0577. The second-order valence-electron chi connectivity index (χ2n) is 6.09. The second kappa shape index (κ2) is 8.92. The Bertz CT molecular complexity index is 635. The topological polar surface area (TPSA) is 84.5 Å². The summed E-state index contributed by atoms with van der Waals surface area (Å²) < 4.78 is 32.9. The van der Waals surface area contributed by atoms with E-state index in [1.54, 1.807) is 7.11 Å². The summed E-state index contributed by atoms with van der Waals surface area (Å²) in [7, 11) is -1.96. The fourth-order valence-electron chi connectivity index (χ4n) is 2.84. The van der Waals surface area contributed by atoms with Crippen molar-refractivity contribution in [1.29, 1.82) is 0 Å². The zero-order valence-electron chi connectivity index (χ0n) is 14.0. The fraction of sp³-hybridized carbons (Fsp3) is 0.562. The van der Waals surface area contributed by atoms with E-state index in [-0.39, 0.29) is 28.5 Å². The van der Waals surface area contributed by atoms with Crippen LogP contribution in [0.5, 0.6) is 0 Å². The van der Waals surface area contributed by atoms with Gasteiger partial charge in [-0.25, -0.2) is 13.1 Å². The predicted molar refractivity (Wildman–Crippen MR) is 95.3 cm³/mol. The largest absolute Gasteiger partial charge is 0.384 e. The smallest absolute Gasteiger partial charge is 0.240 e. The Kier molecular flexibility index (Phi) is 7.82. The lowest BCUT2D eigenvalue weighted by Gasteiger charge is -2.37. The third kappa shape index (κ3) is 5.26. The number of nitrogens with one attached hydrogen (secondary N) is 2. The minimum Gasteiger partial charge on any atom is -0.384 e. The molecule has 0 atom stereocenters. The molecule has 2 N–H and O–H groups in total. The Hall–Kier alpha value is -0.990. The van der Waals surface area contributed by atoms with Gasteiger partial charge >= 0.3 is 0 Å². The summed E-state index contributed by atoms with van der Waals surface area (Å²) >= 11 is 0. The first-order chi connectivity index (χ1) is 10.9. The number of ketones is 1. The maximum atomic E-state index is 12.4. The van der Waals surface area contributed by atoms with Crippen molar-refractivity contribution in [3.05, 3.63) is 29.8 Å². The molecule has 1 heterocycles. The van der Waals surface area contributed by atoms with Crippen molar-refractivity contribution >= 4 is 28.2 Å². The molecule has 0 amide bonds. The summed E-state index contributed by atoms with van der Waals surface area (Å²) in [6.45, 7) is 4.05. The fourth-order valence-corrected chi connectivity index (χ4v) is 3.99. The summed E-state index contributed by atoms with van der Waals surface area (Å²) in [6, 6.07) is 5.99. The Balaban J connectivity index is 0.00000288. The van der Waals surface area contributed by atoms with Crippen LogP contribution in [-0.2, 0) is 14.8 Å². The third-order valence-corrected chi connectivity index (χ3v) is 5.74. The van der Waals surface area contributed by atoms with E-state index in [1.165, 1.54) is 31.2 Å². The number of methoxy groups -OCH3 is 1. The second-order valence-corrected chi connectivity index (χ2v) is 7.86. The van der Waals surface area contributed by atoms with Gasteiger partial charge in [0.2, 0.25) is 10.0 Å². The Morgan fingerprint density at radius 3 is 2.33 bits per heavy atom. The maximum absolute atomic E-state index is 12.4. The average molecular weight is 377 g/mol. The van der Waals surface area contributed by atoms with E-state index >= 15 is 0 Å². The lowest BCUT2D eigenvalue weighted by Crippen LogP contribution is -2.47. The summed E-state index contributed by atoms with van der Waals surface area (Å²) in [5.74, 6) is -0.0874. The standard InChI is InChI=1S/C16H24N2O4S.ClH/c1-13(19)14-3-5-15(6-4-14)23(20,21)18-11-16(12-22-2)7-9-17-10-8-16;/h3-6,17-18H,7-12H2,1-2H3;1H. The molecule has 1 aromatic rings. The van der Waals surface area contributed by atoms with Gasteiger partial charge in [-0.15, -0.1) is 12.4 Å². The Morgan fingerprint density at radius 2 is 1.83 bits per heavy atom. The maximum Gasteiger partial charge on any atom is 0.240 e. The van der Waals surface area contributed by atoms with Crippen molar-refractivity contribution in [3.8, 4) is 0 Å². The van der Waals surface area contributed by atoms with Crippen molar-refractivity contribution in [2.75, 3.05) is 33.4 Å². The number of rotatable bonds is 7. The average Bonchev–Trinajstić information content (AvgIpc) is 2.54. The van der Waals surface area contributed by atoms with E-state index < -0.39 is 10.0 Å². The summed E-state index contributed by atoms with van der Waals surface area (Å²) in [6.07, 6.45) is 1.74. The summed E-state index contributed by atoms with van der Waals surface area (Å²) in [5.41, 5.74) is 0.324. The number of carbonyl (C=O) groups is 1. The molecular formula is C16H25ClN2O4S. The lowest BCUT2D eigenvalue weighted by atomic mass is 9.80. The molecule has 2 rings (SSSR count). The molecule has 1 saturated heterocycles. The molecule has 0 radical (unpaired) electrons. The van der Waals surface area contributed by atoms with Gasteiger partial charge in [0.05, 0.1) is 11.5 Å². The number of hydrogen-bond donors (Lipinski definition) is 2. The summed E-state index contributed by atoms with van der Waals surface area (Å²) in [4.78, 5) is 11.4. The molecule has 136 valence electrons. The molecule has 8 heteroatoms. The number of hydrogen-bond acceptors (Lipinski definition) is 5. The van der Waals surface area contributed by atoms with Gasteiger partial charge in [0.1, 0.15) is 0 Å². The SMILES string of the molecule is COCC1(CNS(=O)(=O)c2ccc(C(C)=O)cc2)CCNCC1.Cl. The van der Waals surface area contributed by atoms with Crippen LogP contribution in [-0.4, -0.2) is 47.6 Å². The molecule has 1 fully saturated rings. The highest BCUT2D eigenvalue weighted by Gasteiger charge is 2.33. The van der Waals surface area contributed by atoms with Crippen LogP contribution >= 0.6 is 12.4 Å². The highest BCUT2D eigenvalue weighted by molar-refractivity contribution is 7.89. The van der Waals surface area contributed by atoms with Crippen LogP contribution in [0, 0.1) is 5.41 Å². The molecule has 0 unspecified atom stereocenters. The first kappa shape index (κ1) is 21.1. The first-order valence-electron chi connectivity index (χ1n) is 7.69. The van der Waals surface area contributed by atoms with Crippen LogP contribution < -0.4 is 10.0 Å². The van der Waals surface area contributed by atoms with E-state index in [0.29, 0.717) is 18.7 Å². The molecule has 6 nitrogen and oxygen atoms in total. The Labute approximate surface area is 149 Å². The zero-order chi connectivity index (χ0) is 16.9. The quantitative estimate of drug-likeness (QED) is 0.706. The van der Waals surface area contributed by atoms with E-state index in [0.717, 1.165) is 25.9 Å². The molecule has 0 bridgehead atoms. The van der Waals surface area contributed by atoms with Gasteiger partial charge < -0.3 is 10.1 Å². The van der Waals surface area contributed by atoms with Crippen molar-refractivity contribution in [2.24, 2.45) is 5.41 Å². The van der Waals surface area contributed by atoms with Crippen molar-refractivity contribution in [2.45, 2.75) is 24.7 Å². The van der Waals surface area contributed by atoms with Crippen LogP contribution in [0.4, 0.5) is 0 Å². The van der Waals surface area contributed by atoms with E-state index in [9.17, 15) is 13.2 Å². The Morgan fingerprint density at radius 1 is 1.25 bits per heavy atom. The number of piperidine rings is 1. The van der Waals surface area contributed by atoms with Crippen molar-refractivity contribution < 1.29 is 17.9 Å². The number of carbonyl (C=O) groups excluding carboxylic acids is 1. The van der Waals surface area contributed by atoms with Crippen LogP contribution in [0.3, 0.4) is 0 Å². The monoisotopic (exact) mass is 376 g/mol. The van der Waals surface area contributed by atoms with Gasteiger partial charge in [-0.3, -0.25) is 4.79 Å². The molecule has 0 aromatic heterocycles. The number of sulfonamides is 1. The van der Waals surface area contributed by atoms with E-state index in [2.05, 4.69) is 10.0 Å². The molecule has 0 saturated carbocycles. The van der Waals surface area contributed by atoms with Gasteiger partial charge in [-0.05, 0) is 45.0 Å². The number of benzene rings is 1. The van der Waals surface area contributed by atoms with Gasteiger partial charge in [-0.2, -0.15) is 0 Å². The molecular weight excluding hydrogens is 352 g/mol. The van der Waals surface area contributed by atoms with Gasteiger partial charge in [0.15, 0.2) is 5.78 Å². The minimum atomic E-state index is -3.60. The normalized spacial score (nSPS) is 17.1. The number of halogens is 1. The van der Waals surface area contributed by atoms with Crippen LogP contribution in [0.2, 0.25) is 0 Å². The van der Waals surface area contributed by atoms with E-state index in [4.69, 9.17) is 4.74 Å². The molecule has 1 aromatic carbocycles. The van der Waals surface area contributed by atoms with Gasteiger partial charge in [-0.1, -0.05) is 12.1 Å². The predicted octanol–water partition coefficient (Wildman–Crippen LogP) is 1.61. The van der Waals surface area contributed by atoms with Gasteiger partial charge in [0, 0.05) is 24.6 Å². The highest BCUT2D eigenvalue weighted by Crippen LogP contribution is 2.28. The number of Topliss-reactive ketones (excluding diaryl/α,β-unsaturated/α-hetero) is 1. The highest BCUT2D eigenvalue weighted by atomic mass is 35.5. The zero-order valence-corrected chi connectivity index (χ0v) is 15.6. The molecule has 1 aliphatic heterocycles. The van der Waals surface area contributed by atoms with Crippen LogP contribution in [0.15, 0.2) is 29.2 Å². The first-order valence-corrected chi connectivity index (χ1v) is 9.17. The molecule has 0 spiro atoms. The minimum absolute atomic E-state index is 0. The van der Waals surface area contributed by atoms with E-state index in [1.807, 2.05) is 0 Å². The van der Waals surface area contributed by atoms with Crippen LogP contribution in [0.1, 0.15) is 30.1 Å². The van der Waals surface area contributed by atoms with Gasteiger partial charge in [0.25, 0.3) is 0 Å².